The third-order valence-corrected chi connectivity index (χ3v) is 8.07. The van der Waals surface area contributed by atoms with Crippen molar-refractivity contribution in [3.63, 3.8) is 0 Å². The largest absolute Gasteiger partial charge is 0.459 e. The average Bonchev–Trinajstić information content (AvgIpc) is 3.57. The molecule has 0 aliphatic carbocycles. The van der Waals surface area contributed by atoms with Gasteiger partial charge in [0.2, 0.25) is 0 Å². The van der Waals surface area contributed by atoms with E-state index in [4.69, 9.17) is 30.5 Å². The third-order valence-electron chi connectivity index (χ3n) is 6.97. The second kappa shape index (κ2) is 13.1. The fraction of sp³-hybridized carbons (Fsp3) is 0.156. The Hall–Kier alpha value is -4.33. The third kappa shape index (κ3) is 6.16. The first kappa shape index (κ1) is 29.7. The van der Waals surface area contributed by atoms with Crippen LogP contribution in [0.5, 0.6) is 0 Å². The molecular weight excluding hydrogens is 701 g/mol. The molecule has 0 saturated carbocycles. The minimum absolute atomic E-state index is 0.231. The number of benzene rings is 3. The molecule has 0 amide bonds. The van der Waals surface area contributed by atoms with E-state index in [9.17, 15) is 14.4 Å². The highest BCUT2D eigenvalue weighted by molar-refractivity contribution is 14.1. The van der Waals surface area contributed by atoms with Crippen molar-refractivity contribution in [1.29, 1.82) is 0 Å². The van der Waals surface area contributed by atoms with Crippen LogP contribution in [-0.4, -0.2) is 57.4 Å². The van der Waals surface area contributed by atoms with Crippen molar-refractivity contribution in [3.05, 3.63) is 129 Å². The number of carbonyl (C=O) groups excluding carboxylic acids is 3. The summed E-state index contributed by atoms with van der Waals surface area (Å²) in [7, 11) is 0. The predicted molar refractivity (Wildman–Crippen MR) is 167 cm³/mol. The lowest BCUT2D eigenvalue weighted by atomic mass is 10.1. The van der Waals surface area contributed by atoms with Gasteiger partial charge in [0.05, 0.1) is 22.1 Å². The van der Waals surface area contributed by atoms with Crippen molar-refractivity contribution < 1.29 is 33.3 Å². The molecule has 10 nitrogen and oxygen atoms in total. The van der Waals surface area contributed by atoms with Crippen LogP contribution in [0.4, 0.5) is 0 Å². The molecule has 1 aliphatic heterocycles. The average molecular weight is 724 g/mol. The predicted octanol–water partition coefficient (Wildman–Crippen LogP) is 5.89. The van der Waals surface area contributed by atoms with Gasteiger partial charge in [0.25, 0.3) is 0 Å². The monoisotopic (exact) mass is 723 g/mol. The van der Waals surface area contributed by atoms with Gasteiger partial charge in [0.1, 0.15) is 29.8 Å². The number of rotatable bonds is 8. The summed E-state index contributed by atoms with van der Waals surface area (Å²) in [5.41, 5.74) is 1.32. The fourth-order valence-electron chi connectivity index (χ4n) is 4.88. The second-order valence-corrected chi connectivity index (χ2v) is 11.3. The van der Waals surface area contributed by atoms with E-state index < -0.39 is 42.4 Å². The zero-order valence-electron chi connectivity index (χ0n) is 22.8. The summed E-state index contributed by atoms with van der Waals surface area (Å²) in [6, 6.07) is 25.2. The molecule has 3 unspecified atom stereocenters. The number of esters is 3. The zero-order chi connectivity index (χ0) is 30.6. The fourth-order valence-corrected chi connectivity index (χ4v) is 6.07. The van der Waals surface area contributed by atoms with Crippen molar-refractivity contribution in [2.45, 2.75) is 24.5 Å². The summed E-state index contributed by atoms with van der Waals surface area (Å²) in [5.74, 6) is -1.92. The van der Waals surface area contributed by atoms with E-state index in [1.54, 1.807) is 102 Å². The van der Waals surface area contributed by atoms with Gasteiger partial charge >= 0.3 is 17.9 Å². The molecule has 0 N–H and O–H groups in total. The molecule has 4 atom stereocenters. The first-order valence-electron chi connectivity index (χ1n) is 13.5. The maximum atomic E-state index is 13.4. The van der Waals surface area contributed by atoms with Crippen LogP contribution in [0.3, 0.4) is 0 Å². The maximum absolute atomic E-state index is 13.4. The van der Waals surface area contributed by atoms with E-state index in [2.05, 4.69) is 32.6 Å². The summed E-state index contributed by atoms with van der Waals surface area (Å²) >= 11 is 8.50. The Morgan fingerprint density at radius 2 is 1.30 bits per heavy atom. The van der Waals surface area contributed by atoms with E-state index in [0.717, 1.165) is 3.57 Å². The molecule has 0 bridgehead atoms. The lowest BCUT2D eigenvalue weighted by Crippen LogP contribution is -2.41. The van der Waals surface area contributed by atoms with Gasteiger partial charge in [-0.2, -0.15) is 0 Å². The minimum Gasteiger partial charge on any atom is -0.459 e. The quantitative estimate of drug-likeness (QED) is 0.0836. The molecule has 44 heavy (non-hydrogen) atoms. The van der Waals surface area contributed by atoms with Crippen LogP contribution in [0.2, 0.25) is 5.15 Å². The Labute approximate surface area is 270 Å². The van der Waals surface area contributed by atoms with Crippen LogP contribution < -0.4 is 0 Å². The van der Waals surface area contributed by atoms with Crippen LogP contribution in [0.25, 0.3) is 11.0 Å². The van der Waals surface area contributed by atoms with Gasteiger partial charge in [-0.05, 0) is 59.0 Å². The van der Waals surface area contributed by atoms with Gasteiger partial charge in [-0.25, -0.2) is 24.4 Å². The van der Waals surface area contributed by atoms with Gasteiger partial charge < -0.3 is 23.5 Å². The number of nitrogens with zero attached hydrogens (tertiary/aromatic N) is 3. The van der Waals surface area contributed by atoms with Gasteiger partial charge in [0, 0.05) is 9.77 Å². The Balaban J connectivity index is 1.39. The van der Waals surface area contributed by atoms with Crippen molar-refractivity contribution in [3.8, 4) is 0 Å². The summed E-state index contributed by atoms with van der Waals surface area (Å²) in [5, 5.41) is 0.803. The topological polar surface area (TPSA) is 119 Å². The Morgan fingerprint density at radius 3 is 1.86 bits per heavy atom. The summed E-state index contributed by atoms with van der Waals surface area (Å²) in [4.78, 5) is 48.1. The number of hydrogen-bond acceptors (Lipinski definition) is 9. The summed E-state index contributed by atoms with van der Waals surface area (Å²) in [6.45, 7) is -0.303. The molecule has 1 fully saturated rings. The van der Waals surface area contributed by atoms with Gasteiger partial charge in [-0.1, -0.05) is 66.2 Å². The van der Waals surface area contributed by atoms with Crippen molar-refractivity contribution in [1.82, 2.24) is 14.5 Å². The van der Waals surface area contributed by atoms with Crippen LogP contribution in [-0.2, 0) is 18.9 Å². The molecule has 2 aromatic heterocycles. The first-order chi connectivity index (χ1) is 21.4. The molecule has 0 spiro atoms. The standard InChI is InChI=1S/C32H23ClIN3O7/c33-27-24-22(34)16-37(28(24)36-18-35-27)29-26(44-32(40)21-14-8-3-9-15-21)25(43-31(39)20-12-6-2-7-13-20)23(42-29)17-41-30(38)19-10-4-1-5-11-19/h1-16,18,23,25-26,29H,17H2/t23?,25-,26?,29?/m0/s1. The highest BCUT2D eigenvalue weighted by atomic mass is 127. The number of ether oxygens (including phenoxy) is 4. The molecule has 1 aliphatic rings. The normalized spacial score (nSPS) is 19.4. The van der Waals surface area contributed by atoms with Crippen LogP contribution in [0.1, 0.15) is 37.3 Å². The smallest absolute Gasteiger partial charge is 0.338 e. The molecule has 0 radical (unpaired) electrons. The zero-order valence-corrected chi connectivity index (χ0v) is 25.7. The maximum Gasteiger partial charge on any atom is 0.338 e. The van der Waals surface area contributed by atoms with Gasteiger partial charge in [-0.3, -0.25) is 0 Å². The number of halogens is 2. The number of fused-ring (bicyclic) bond motifs is 1. The molecule has 6 rings (SSSR count). The highest BCUT2D eigenvalue weighted by Crippen LogP contribution is 2.39. The Morgan fingerprint density at radius 1 is 0.773 bits per heavy atom. The summed E-state index contributed by atoms with van der Waals surface area (Å²) in [6.07, 6.45) is -1.40. The molecule has 222 valence electrons. The molecule has 3 heterocycles. The van der Waals surface area contributed by atoms with Crippen molar-refractivity contribution in [2.75, 3.05) is 6.61 Å². The molecule has 1 saturated heterocycles. The van der Waals surface area contributed by atoms with E-state index >= 15 is 0 Å². The van der Waals surface area contributed by atoms with Gasteiger partial charge in [-0.15, -0.1) is 0 Å². The highest BCUT2D eigenvalue weighted by Gasteiger charge is 2.52. The number of aromatic nitrogens is 3. The molecule has 3 aromatic carbocycles. The Bertz CT molecular complexity index is 1800. The lowest BCUT2D eigenvalue weighted by molar-refractivity contribution is -0.0604. The van der Waals surface area contributed by atoms with Gasteiger partial charge in [0.15, 0.2) is 18.4 Å². The van der Waals surface area contributed by atoms with E-state index in [-0.39, 0.29) is 22.9 Å². The molecular formula is C32H23ClIN3O7. The minimum atomic E-state index is -1.18. The van der Waals surface area contributed by atoms with Crippen LogP contribution >= 0.6 is 34.2 Å². The number of carbonyl (C=O) groups is 3. The van der Waals surface area contributed by atoms with Crippen LogP contribution in [0, 0.1) is 3.57 Å². The summed E-state index contributed by atoms with van der Waals surface area (Å²) < 4.78 is 26.4. The molecule has 5 aromatic rings. The van der Waals surface area contributed by atoms with E-state index in [0.29, 0.717) is 16.6 Å². The van der Waals surface area contributed by atoms with Crippen molar-refractivity contribution >= 4 is 63.1 Å². The second-order valence-electron chi connectivity index (χ2n) is 9.75. The first-order valence-corrected chi connectivity index (χ1v) is 14.9. The van der Waals surface area contributed by atoms with E-state index in [1.165, 1.54) is 6.33 Å². The van der Waals surface area contributed by atoms with Crippen molar-refractivity contribution in [2.24, 2.45) is 0 Å². The van der Waals surface area contributed by atoms with E-state index in [1.807, 2.05) is 0 Å². The SMILES string of the molecule is O=C(OCC1OC(n2cc(I)c3c(Cl)ncnc32)C(OC(=O)c2ccccc2)[C@H]1OC(=O)c1ccccc1)c1ccccc1. The molecule has 12 heteroatoms. The lowest BCUT2D eigenvalue weighted by Gasteiger charge is -2.25. The Kier molecular flexibility index (Phi) is 8.87. The van der Waals surface area contributed by atoms with Crippen LogP contribution in [0.15, 0.2) is 104 Å². The number of hydrogen-bond donors (Lipinski definition) is 0.